The molecule has 0 saturated heterocycles. The molecule has 0 aromatic heterocycles. The lowest BCUT2D eigenvalue weighted by atomic mass is 10.1. The summed E-state index contributed by atoms with van der Waals surface area (Å²) >= 11 is 0. The maximum Gasteiger partial charge on any atom is 0.326 e. The molecule has 3 amide bonds. The van der Waals surface area contributed by atoms with Crippen LogP contribution >= 0.6 is 0 Å². The highest BCUT2D eigenvalue weighted by atomic mass is 16.4. The molecule has 15 nitrogen and oxygen atoms in total. The third kappa shape index (κ3) is 12.5. The number of nitrogens with two attached hydrogens (primary N) is 2. The van der Waals surface area contributed by atoms with Gasteiger partial charge >= 0.3 is 17.9 Å². The SMILES string of the molecule is NC(N)=NCCCC(NC(=O)CC(=O)N[C@@H](CC(=O)O)C(=O)O)C(=O)NCC(=O)O. The zero-order valence-electron chi connectivity index (χ0n) is 15.8. The highest BCUT2D eigenvalue weighted by Crippen LogP contribution is 2.01. The van der Waals surface area contributed by atoms with Crippen LogP contribution in [0.2, 0.25) is 0 Å². The Hall–Kier alpha value is -3.91. The van der Waals surface area contributed by atoms with Gasteiger partial charge in [0.2, 0.25) is 17.7 Å². The molecule has 0 saturated carbocycles. The Kier molecular flexibility index (Phi) is 11.6. The van der Waals surface area contributed by atoms with Crippen LogP contribution in [0.25, 0.3) is 0 Å². The predicted octanol–water partition coefficient (Wildman–Crippen LogP) is -3.84. The molecule has 2 atom stereocenters. The zero-order valence-corrected chi connectivity index (χ0v) is 15.8. The summed E-state index contributed by atoms with van der Waals surface area (Å²) in [5.74, 6) is -7.44. The van der Waals surface area contributed by atoms with Crippen molar-refractivity contribution in [2.24, 2.45) is 16.5 Å². The van der Waals surface area contributed by atoms with Crippen LogP contribution in [0.5, 0.6) is 0 Å². The summed E-state index contributed by atoms with van der Waals surface area (Å²) in [7, 11) is 0. The lowest BCUT2D eigenvalue weighted by molar-refractivity contribution is -0.147. The molecule has 15 heteroatoms. The van der Waals surface area contributed by atoms with Crippen molar-refractivity contribution < 1.29 is 44.1 Å². The minimum atomic E-state index is -1.74. The van der Waals surface area contributed by atoms with E-state index in [4.69, 9.17) is 26.8 Å². The molecule has 30 heavy (non-hydrogen) atoms. The van der Waals surface area contributed by atoms with Crippen LogP contribution in [0.1, 0.15) is 25.7 Å². The van der Waals surface area contributed by atoms with Gasteiger partial charge in [-0.2, -0.15) is 0 Å². The van der Waals surface area contributed by atoms with Gasteiger partial charge in [-0.05, 0) is 12.8 Å². The van der Waals surface area contributed by atoms with Crippen LogP contribution in [0.4, 0.5) is 0 Å². The minimum absolute atomic E-state index is 0.00631. The van der Waals surface area contributed by atoms with Crippen LogP contribution in [0.15, 0.2) is 4.99 Å². The Bertz CT molecular complexity index is 705. The molecule has 0 rings (SSSR count). The Labute approximate surface area is 169 Å². The van der Waals surface area contributed by atoms with Crippen molar-refractivity contribution in [3.8, 4) is 0 Å². The van der Waals surface area contributed by atoms with Gasteiger partial charge in [0, 0.05) is 6.54 Å². The Morgan fingerprint density at radius 3 is 1.90 bits per heavy atom. The molecular formula is C15H24N6O9. The van der Waals surface area contributed by atoms with Crippen LogP contribution in [0, 0.1) is 0 Å². The number of guanidine groups is 1. The number of hydrogen-bond acceptors (Lipinski definition) is 7. The van der Waals surface area contributed by atoms with E-state index in [2.05, 4.69) is 15.6 Å². The number of rotatable bonds is 14. The van der Waals surface area contributed by atoms with Crippen molar-refractivity contribution >= 4 is 41.6 Å². The largest absolute Gasteiger partial charge is 0.481 e. The van der Waals surface area contributed by atoms with E-state index in [-0.39, 0.29) is 25.3 Å². The van der Waals surface area contributed by atoms with Gasteiger partial charge in [-0.15, -0.1) is 0 Å². The van der Waals surface area contributed by atoms with E-state index >= 15 is 0 Å². The Morgan fingerprint density at radius 2 is 1.43 bits per heavy atom. The standard InChI is InChI=1S/C15H24N6O9/c16-15(17)18-3-1-2-7(13(28)19-6-12(26)27)20-9(22)5-10(23)21-8(14(29)30)4-11(24)25/h7-8H,1-6H2,(H,19,28)(H,20,22)(H,21,23)(H,24,25)(H,26,27)(H,29,30)(H4,16,17,18)/t7?,8-/m0/s1. The van der Waals surface area contributed by atoms with Gasteiger partial charge in [0.15, 0.2) is 5.96 Å². The first-order valence-corrected chi connectivity index (χ1v) is 8.50. The number of carboxylic acid groups (broad SMARTS) is 3. The van der Waals surface area contributed by atoms with Crippen LogP contribution in [-0.4, -0.2) is 82.1 Å². The molecule has 0 heterocycles. The quantitative estimate of drug-likeness (QED) is 0.0570. The van der Waals surface area contributed by atoms with Gasteiger partial charge in [-0.1, -0.05) is 0 Å². The number of carbonyl (C=O) groups excluding carboxylic acids is 3. The average Bonchev–Trinajstić information content (AvgIpc) is 2.60. The van der Waals surface area contributed by atoms with Gasteiger partial charge in [0.05, 0.1) is 6.42 Å². The number of aliphatic imine (C=N–C) groups is 1. The maximum absolute atomic E-state index is 12.1. The topological polar surface area (TPSA) is 264 Å². The maximum atomic E-state index is 12.1. The van der Waals surface area contributed by atoms with Crippen molar-refractivity contribution in [1.82, 2.24) is 16.0 Å². The van der Waals surface area contributed by atoms with Crippen molar-refractivity contribution in [3.63, 3.8) is 0 Å². The molecular weight excluding hydrogens is 408 g/mol. The van der Waals surface area contributed by atoms with Crippen LogP contribution in [-0.2, 0) is 28.8 Å². The van der Waals surface area contributed by atoms with Crippen molar-refractivity contribution in [1.29, 1.82) is 0 Å². The average molecular weight is 432 g/mol. The molecule has 0 fully saturated rings. The van der Waals surface area contributed by atoms with E-state index < -0.39 is 67.1 Å². The fraction of sp³-hybridized carbons (Fsp3) is 0.533. The normalized spacial score (nSPS) is 12.0. The first-order chi connectivity index (χ1) is 13.9. The van der Waals surface area contributed by atoms with Crippen LogP contribution in [0.3, 0.4) is 0 Å². The zero-order chi connectivity index (χ0) is 23.3. The minimum Gasteiger partial charge on any atom is -0.481 e. The second kappa shape index (κ2) is 13.3. The third-order valence-corrected chi connectivity index (χ3v) is 3.34. The molecule has 168 valence electrons. The summed E-state index contributed by atoms with van der Waals surface area (Å²) in [6, 6.07) is -2.95. The molecule has 0 aromatic rings. The summed E-state index contributed by atoms with van der Waals surface area (Å²) < 4.78 is 0. The smallest absolute Gasteiger partial charge is 0.326 e. The van der Waals surface area contributed by atoms with E-state index in [0.29, 0.717) is 0 Å². The number of carboxylic acids is 3. The lowest BCUT2D eigenvalue weighted by Gasteiger charge is -2.18. The number of aliphatic carboxylic acids is 3. The molecule has 0 bridgehead atoms. The summed E-state index contributed by atoms with van der Waals surface area (Å²) in [6.45, 7) is -0.577. The van der Waals surface area contributed by atoms with E-state index in [1.54, 1.807) is 0 Å². The number of amides is 3. The lowest BCUT2D eigenvalue weighted by Crippen LogP contribution is -2.49. The van der Waals surface area contributed by atoms with Crippen LogP contribution < -0.4 is 27.4 Å². The summed E-state index contributed by atoms with van der Waals surface area (Å²) in [5.41, 5.74) is 10.3. The van der Waals surface area contributed by atoms with E-state index in [9.17, 15) is 28.8 Å². The van der Waals surface area contributed by atoms with E-state index in [1.165, 1.54) is 0 Å². The number of nitrogens with zero attached hydrogens (tertiary/aromatic N) is 1. The summed E-state index contributed by atoms with van der Waals surface area (Å²) in [5, 5.41) is 32.3. The molecule has 0 aliphatic rings. The van der Waals surface area contributed by atoms with Gasteiger partial charge in [-0.25, -0.2) is 4.79 Å². The highest BCUT2D eigenvalue weighted by Gasteiger charge is 2.26. The first-order valence-electron chi connectivity index (χ1n) is 8.50. The van der Waals surface area contributed by atoms with E-state index in [0.717, 1.165) is 0 Å². The third-order valence-electron chi connectivity index (χ3n) is 3.34. The summed E-state index contributed by atoms with van der Waals surface area (Å²) in [4.78, 5) is 71.7. The van der Waals surface area contributed by atoms with Gasteiger partial charge < -0.3 is 42.7 Å². The molecule has 0 radical (unpaired) electrons. The highest BCUT2D eigenvalue weighted by molar-refractivity contribution is 6.00. The van der Waals surface area contributed by atoms with Gasteiger partial charge in [0.25, 0.3) is 0 Å². The molecule has 0 aromatic carbocycles. The Balaban J connectivity index is 4.90. The monoisotopic (exact) mass is 432 g/mol. The number of carbonyl (C=O) groups is 6. The number of hydrogen-bond donors (Lipinski definition) is 8. The second-order valence-corrected chi connectivity index (χ2v) is 5.91. The number of nitrogens with one attached hydrogen (secondary N) is 3. The van der Waals surface area contributed by atoms with Crippen molar-refractivity contribution in [2.75, 3.05) is 13.1 Å². The van der Waals surface area contributed by atoms with Gasteiger partial charge in [-0.3, -0.25) is 29.0 Å². The van der Waals surface area contributed by atoms with Crippen molar-refractivity contribution in [3.05, 3.63) is 0 Å². The molecule has 1 unspecified atom stereocenters. The van der Waals surface area contributed by atoms with Crippen molar-refractivity contribution in [2.45, 2.75) is 37.8 Å². The fourth-order valence-electron chi connectivity index (χ4n) is 2.07. The predicted molar refractivity (Wildman–Crippen MR) is 98.9 cm³/mol. The molecule has 0 aliphatic heterocycles. The fourth-order valence-corrected chi connectivity index (χ4v) is 2.07. The van der Waals surface area contributed by atoms with Gasteiger partial charge in [0.1, 0.15) is 25.0 Å². The molecule has 0 aliphatic carbocycles. The summed E-state index contributed by atoms with van der Waals surface area (Å²) in [6.07, 6.45) is -1.55. The molecule has 10 N–H and O–H groups in total. The second-order valence-electron chi connectivity index (χ2n) is 5.91. The first kappa shape index (κ1) is 26.1. The van der Waals surface area contributed by atoms with E-state index in [1.807, 2.05) is 5.32 Å². The Morgan fingerprint density at radius 1 is 0.867 bits per heavy atom. The molecule has 0 spiro atoms.